The molecular formula is C20H14FN3. The van der Waals surface area contributed by atoms with Gasteiger partial charge in [0.2, 0.25) is 0 Å². The van der Waals surface area contributed by atoms with Crippen molar-refractivity contribution in [2.45, 2.75) is 13.0 Å². The molecule has 3 nitrogen and oxygen atoms in total. The molecule has 0 fully saturated rings. The van der Waals surface area contributed by atoms with Crippen molar-refractivity contribution >= 4 is 5.71 Å². The number of aromatic nitrogens is 2. The molecule has 0 saturated heterocycles. The lowest BCUT2D eigenvalue weighted by Gasteiger charge is -2.12. The van der Waals surface area contributed by atoms with Crippen LogP contribution in [0.1, 0.15) is 35.3 Å². The SMILES string of the molecule is C#Cc1ccc2c(c1)C(c1ccccc1F)=N[C@@H](C)c1cncn1-2. The van der Waals surface area contributed by atoms with E-state index in [2.05, 4.69) is 10.9 Å². The number of aliphatic imine (C=N–C) groups is 1. The van der Waals surface area contributed by atoms with E-state index in [0.717, 1.165) is 22.5 Å². The van der Waals surface area contributed by atoms with Gasteiger partial charge in [-0.25, -0.2) is 9.37 Å². The third-order valence-electron chi connectivity index (χ3n) is 4.22. The van der Waals surface area contributed by atoms with Gasteiger partial charge in [0.25, 0.3) is 0 Å². The first-order chi connectivity index (χ1) is 11.7. The molecule has 3 aromatic rings. The third-order valence-corrected chi connectivity index (χ3v) is 4.22. The fourth-order valence-electron chi connectivity index (χ4n) is 3.04. The van der Waals surface area contributed by atoms with Crippen LogP contribution in [0, 0.1) is 18.2 Å². The van der Waals surface area contributed by atoms with Crippen molar-refractivity contribution in [3.8, 4) is 18.0 Å². The monoisotopic (exact) mass is 315 g/mol. The molecule has 116 valence electrons. The summed E-state index contributed by atoms with van der Waals surface area (Å²) in [5.41, 5.74) is 4.46. The molecule has 24 heavy (non-hydrogen) atoms. The van der Waals surface area contributed by atoms with Crippen molar-refractivity contribution in [2.24, 2.45) is 4.99 Å². The normalized spacial score (nSPS) is 15.7. The Morgan fingerprint density at radius 1 is 1.17 bits per heavy atom. The summed E-state index contributed by atoms with van der Waals surface area (Å²) in [7, 11) is 0. The number of fused-ring (bicyclic) bond motifs is 3. The smallest absolute Gasteiger partial charge is 0.132 e. The average Bonchev–Trinajstić information content (AvgIpc) is 3.05. The van der Waals surface area contributed by atoms with Crippen LogP contribution >= 0.6 is 0 Å². The van der Waals surface area contributed by atoms with Crippen LogP contribution in [0.4, 0.5) is 4.39 Å². The molecule has 0 amide bonds. The first-order valence-electron chi connectivity index (χ1n) is 7.65. The van der Waals surface area contributed by atoms with E-state index >= 15 is 0 Å². The zero-order valence-electron chi connectivity index (χ0n) is 13.1. The summed E-state index contributed by atoms with van der Waals surface area (Å²) in [6.45, 7) is 1.97. The molecular weight excluding hydrogens is 301 g/mol. The molecule has 1 aliphatic heterocycles. The Morgan fingerprint density at radius 3 is 2.79 bits per heavy atom. The van der Waals surface area contributed by atoms with E-state index in [1.807, 2.05) is 35.8 Å². The van der Waals surface area contributed by atoms with Gasteiger partial charge in [0, 0.05) is 16.7 Å². The lowest BCUT2D eigenvalue weighted by molar-refractivity contribution is 0.625. The standard InChI is InChI=1S/C20H14FN3/c1-3-14-8-9-18-16(10-14)20(15-6-4-5-7-17(15)21)23-13(2)19-11-22-12-24(18)19/h1,4-13H,2H3/t13-/m0/s1. The molecule has 0 radical (unpaired) electrons. The molecule has 0 unspecified atom stereocenters. The van der Waals surface area contributed by atoms with E-state index in [1.165, 1.54) is 6.07 Å². The highest BCUT2D eigenvalue weighted by molar-refractivity contribution is 6.15. The second-order valence-electron chi connectivity index (χ2n) is 5.70. The minimum atomic E-state index is -0.301. The summed E-state index contributed by atoms with van der Waals surface area (Å²) in [4.78, 5) is 9.02. The molecule has 1 aliphatic rings. The second kappa shape index (κ2) is 5.47. The molecule has 0 spiro atoms. The quantitative estimate of drug-likeness (QED) is 0.626. The van der Waals surface area contributed by atoms with Gasteiger partial charge in [-0.05, 0) is 37.3 Å². The van der Waals surface area contributed by atoms with E-state index < -0.39 is 0 Å². The van der Waals surface area contributed by atoms with Crippen LogP contribution in [-0.4, -0.2) is 15.3 Å². The Hall–Kier alpha value is -3.19. The van der Waals surface area contributed by atoms with Gasteiger partial charge in [0.1, 0.15) is 5.82 Å². The van der Waals surface area contributed by atoms with Crippen LogP contribution in [0.25, 0.3) is 5.69 Å². The fourth-order valence-corrected chi connectivity index (χ4v) is 3.04. The molecule has 2 heterocycles. The van der Waals surface area contributed by atoms with E-state index in [4.69, 9.17) is 11.4 Å². The van der Waals surface area contributed by atoms with Crippen LogP contribution in [0.2, 0.25) is 0 Å². The van der Waals surface area contributed by atoms with Crippen molar-refractivity contribution in [2.75, 3.05) is 0 Å². The maximum Gasteiger partial charge on any atom is 0.132 e. The molecule has 4 heteroatoms. The molecule has 0 N–H and O–H groups in total. The maximum atomic E-state index is 14.4. The molecule has 1 atom stereocenters. The summed E-state index contributed by atoms with van der Waals surface area (Å²) >= 11 is 0. The first-order valence-corrected chi connectivity index (χ1v) is 7.65. The maximum absolute atomic E-state index is 14.4. The van der Waals surface area contributed by atoms with Crippen molar-refractivity contribution in [1.82, 2.24) is 9.55 Å². The highest BCUT2D eigenvalue weighted by atomic mass is 19.1. The van der Waals surface area contributed by atoms with Crippen LogP contribution in [0.3, 0.4) is 0 Å². The van der Waals surface area contributed by atoms with Gasteiger partial charge in [0.05, 0.1) is 35.7 Å². The Bertz CT molecular complexity index is 1010. The number of benzene rings is 2. The fraction of sp³-hybridized carbons (Fsp3) is 0.100. The number of imidazole rings is 1. The first kappa shape index (κ1) is 14.4. The number of hydrogen-bond acceptors (Lipinski definition) is 2. The Morgan fingerprint density at radius 2 is 2.00 bits per heavy atom. The lowest BCUT2D eigenvalue weighted by Crippen LogP contribution is -2.09. The van der Waals surface area contributed by atoms with Crippen LogP contribution in [0.5, 0.6) is 0 Å². The van der Waals surface area contributed by atoms with Gasteiger partial charge in [-0.1, -0.05) is 18.1 Å². The summed E-state index contributed by atoms with van der Waals surface area (Å²) in [5.74, 6) is 2.34. The van der Waals surface area contributed by atoms with E-state index in [0.29, 0.717) is 11.3 Å². The minimum Gasteiger partial charge on any atom is -0.300 e. The van der Waals surface area contributed by atoms with Gasteiger partial charge in [-0.2, -0.15) is 0 Å². The largest absolute Gasteiger partial charge is 0.300 e. The van der Waals surface area contributed by atoms with Crippen LogP contribution < -0.4 is 0 Å². The van der Waals surface area contributed by atoms with Gasteiger partial charge < -0.3 is 4.57 Å². The number of nitrogens with zero attached hydrogens (tertiary/aromatic N) is 3. The zero-order valence-corrected chi connectivity index (χ0v) is 13.1. The van der Waals surface area contributed by atoms with Gasteiger partial charge in [-0.15, -0.1) is 6.42 Å². The summed E-state index contributed by atoms with van der Waals surface area (Å²) < 4.78 is 16.4. The Labute approximate surface area is 139 Å². The van der Waals surface area contributed by atoms with Crippen molar-refractivity contribution in [3.63, 3.8) is 0 Å². The predicted molar refractivity (Wildman–Crippen MR) is 92.0 cm³/mol. The van der Waals surface area contributed by atoms with Gasteiger partial charge in [0.15, 0.2) is 0 Å². The zero-order chi connectivity index (χ0) is 16.7. The minimum absolute atomic E-state index is 0.149. The summed E-state index contributed by atoms with van der Waals surface area (Å²) in [6, 6.07) is 12.2. The van der Waals surface area contributed by atoms with E-state index in [9.17, 15) is 4.39 Å². The number of terminal acetylenes is 1. The number of rotatable bonds is 1. The molecule has 0 aliphatic carbocycles. The summed E-state index contributed by atoms with van der Waals surface area (Å²) in [5, 5.41) is 0. The van der Waals surface area contributed by atoms with Crippen LogP contribution in [-0.2, 0) is 0 Å². The highest BCUT2D eigenvalue weighted by Crippen LogP contribution is 2.31. The molecule has 0 saturated carbocycles. The number of hydrogen-bond donors (Lipinski definition) is 0. The highest BCUT2D eigenvalue weighted by Gasteiger charge is 2.24. The van der Waals surface area contributed by atoms with Crippen LogP contribution in [0.15, 0.2) is 60.0 Å². The molecule has 4 rings (SSSR count). The predicted octanol–water partition coefficient (Wildman–Crippen LogP) is 3.90. The van der Waals surface area contributed by atoms with E-state index in [-0.39, 0.29) is 11.9 Å². The van der Waals surface area contributed by atoms with Crippen molar-refractivity contribution in [3.05, 3.63) is 83.2 Å². The van der Waals surface area contributed by atoms with E-state index in [1.54, 1.807) is 24.7 Å². The van der Waals surface area contributed by atoms with Gasteiger partial charge in [-0.3, -0.25) is 4.99 Å². The van der Waals surface area contributed by atoms with Gasteiger partial charge >= 0.3 is 0 Å². The molecule has 2 aromatic carbocycles. The average molecular weight is 315 g/mol. The summed E-state index contributed by atoms with van der Waals surface area (Å²) in [6.07, 6.45) is 9.09. The number of halogens is 1. The Kier molecular flexibility index (Phi) is 3.28. The third kappa shape index (κ3) is 2.14. The van der Waals surface area contributed by atoms with Crippen molar-refractivity contribution in [1.29, 1.82) is 0 Å². The molecule has 1 aromatic heterocycles. The lowest BCUT2D eigenvalue weighted by atomic mass is 9.98. The second-order valence-corrected chi connectivity index (χ2v) is 5.70. The topological polar surface area (TPSA) is 30.2 Å². The molecule has 0 bridgehead atoms. The Balaban J connectivity index is 2.06. The van der Waals surface area contributed by atoms with Crippen molar-refractivity contribution < 1.29 is 4.39 Å².